The predicted molar refractivity (Wildman–Crippen MR) is 104 cm³/mol. The van der Waals surface area contributed by atoms with Crippen LogP contribution in [0.2, 0.25) is 0 Å². The van der Waals surface area contributed by atoms with Crippen molar-refractivity contribution in [2.45, 2.75) is 32.2 Å². The summed E-state index contributed by atoms with van der Waals surface area (Å²) >= 11 is 0. The minimum Gasteiger partial charge on any atom is -0.350 e. The molecule has 0 aliphatic heterocycles. The van der Waals surface area contributed by atoms with Gasteiger partial charge in [0.15, 0.2) is 5.82 Å². The van der Waals surface area contributed by atoms with Gasteiger partial charge in [-0.1, -0.05) is 6.07 Å². The Bertz CT molecular complexity index is 1090. The molecule has 0 bridgehead atoms. The van der Waals surface area contributed by atoms with Crippen LogP contribution in [0.15, 0.2) is 36.8 Å². The summed E-state index contributed by atoms with van der Waals surface area (Å²) < 4.78 is 0. The fraction of sp³-hybridized carbons (Fsp3) is 0.263. The first kappa shape index (κ1) is 15.8. The fourth-order valence-corrected chi connectivity index (χ4v) is 3.24. The fourth-order valence-electron chi connectivity index (χ4n) is 3.24. The van der Waals surface area contributed by atoms with E-state index < -0.39 is 0 Å². The minimum atomic E-state index is 0.558. The molecule has 1 fully saturated rings. The van der Waals surface area contributed by atoms with Gasteiger partial charge in [0.2, 0.25) is 5.95 Å². The van der Waals surface area contributed by atoms with Crippen LogP contribution in [0.3, 0.4) is 0 Å². The highest BCUT2D eigenvalue weighted by Crippen LogP contribution is 2.39. The number of imidazole rings is 1. The van der Waals surface area contributed by atoms with E-state index in [4.69, 9.17) is 0 Å². The number of hydrogen-bond donors (Lipinski definition) is 4. The monoisotopic (exact) mass is 360 g/mol. The SMILES string of the molecule is Cc1cc(CNc2nccc(Nc3cc(C4CC4)[nH]n3)n2)c2nc[nH]c2c1. The molecule has 4 N–H and O–H groups in total. The van der Waals surface area contributed by atoms with E-state index in [0.717, 1.165) is 22.4 Å². The van der Waals surface area contributed by atoms with Crippen molar-refractivity contribution in [1.29, 1.82) is 0 Å². The molecule has 0 spiro atoms. The molecule has 0 saturated heterocycles. The first-order valence-electron chi connectivity index (χ1n) is 9.06. The Morgan fingerprint density at radius 3 is 2.96 bits per heavy atom. The molecule has 27 heavy (non-hydrogen) atoms. The molecule has 0 radical (unpaired) electrons. The standard InChI is InChI=1S/C19H20N8/c1-11-6-13(18-15(7-11)22-10-23-18)9-21-19-20-5-4-16(25-19)24-17-8-14(26-27-17)12-2-3-12/h4-8,10,12H,2-3,9H2,1H3,(H,22,23)(H3,20,21,24,25,26,27). The summed E-state index contributed by atoms with van der Waals surface area (Å²) in [6, 6.07) is 8.09. The van der Waals surface area contributed by atoms with Crippen molar-refractivity contribution < 1.29 is 0 Å². The molecular formula is C19H20N8. The third-order valence-electron chi connectivity index (χ3n) is 4.71. The number of hydrogen-bond acceptors (Lipinski definition) is 6. The zero-order valence-electron chi connectivity index (χ0n) is 15.0. The van der Waals surface area contributed by atoms with Gasteiger partial charge >= 0.3 is 0 Å². The molecule has 1 aromatic carbocycles. The molecular weight excluding hydrogens is 340 g/mol. The zero-order valence-corrected chi connectivity index (χ0v) is 15.0. The molecule has 0 unspecified atom stereocenters. The van der Waals surface area contributed by atoms with Crippen LogP contribution in [-0.2, 0) is 6.54 Å². The number of fused-ring (bicyclic) bond motifs is 1. The molecule has 8 heteroatoms. The minimum absolute atomic E-state index is 0.558. The average Bonchev–Trinajstić information content (AvgIpc) is 3.22. The molecule has 3 heterocycles. The summed E-state index contributed by atoms with van der Waals surface area (Å²) in [5.41, 5.74) is 5.48. The van der Waals surface area contributed by atoms with Crippen molar-refractivity contribution in [3.63, 3.8) is 0 Å². The Morgan fingerprint density at radius 2 is 2.07 bits per heavy atom. The van der Waals surface area contributed by atoms with Gasteiger partial charge in [-0.15, -0.1) is 0 Å². The second-order valence-corrected chi connectivity index (χ2v) is 6.95. The van der Waals surface area contributed by atoms with Gasteiger partial charge in [0.05, 0.1) is 17.4 Å². The van der Waals surface area contributed by atoms with Crippen molar-refractivity contribution in [3.05, 3.63) is 53.6 Å². The third kappa shape index (κ3) is 3.33. The second-order valence-electron chi connectivity index (χ2n) is 6.95. The molecule has 1 saturated carbocycles. The van der Waals surface area contributed by atoms with Crippen molar-refractivity contribution in [2.75, 3.05) is 10.6 Å². The summed E-state index contributed by atoms with van der Waals surface area (Å²) in [5, 5.41) is 13.9. The third-order valence-corrected chi connectivity index (χ3v) is 4.71. The Hall–Kier alpha value is -3.42. The lowest BCUT2D eigenvalue weighted by atomic mass is 10.1. The highest BCUT2D eigenvalue weighted by Gasteiger charge is 2.25. The summed E-state index contributed by atoms with van der Waals surface area (Å²) in [4.78, 5) is 16.4. The first-order valence-corrected chi connectivity index (χ1v) is 9.06. The molecule has 1 aliphatic rings. The lowest BCUT2D eigenvalue weighted by Crippen LogP contribution is -2.05. The molecule has 5 rings (SSSR count). The van der Waals surface area contributed by atoms with Crippen LogP contribution in [0.25, 0.3) is 11.0 Å². The molecule has 0 atom stereocenters. The number of aromatic nitrogens is 6. The number of aromatic amines is 2. The molecule has 3 aromatic heterocycles. The van der Waals surface area contributed by atoms with Gasteiger partial charge in [0, 0.05) is 30.4 Å². The summed E-state index contributed by atoms with van der Waals surface area (Å²) in [6.07, 6.45) is 5.93. The highest BCUT2D eigenvalue weighted by atomic mass is 15.2. The highest BCUT2D eigenvalue weighted by molar-refractivity contribution is 5.79. The van der Waals surface area contributed by atoms with Gasteiger partial charge in [0.1, 0.15) is 5.82 Å². The molecule has 0 amide bonds. The summed E-state index contributed by atoms with van der Waals surface area (Å²) in [5.74, 6) is 2.68. The smallest absolute Gasteiger partial charge is 0.224 e. The van der Waals surface area contributed by atoms with E-state index in [1.165, 1.54) is 24.1 Å². The number of anilines is 3. The maximum absolute atomic E-state index is 4.53. The zero-order chi connectivity index (χ0) is 18.2. The first-order chi connectivity index (χ1) is 13.2. The van der Waals surface area contributed by atoms with Gasteiger partial charge in [-0.3, -0.25) is 5.10 Å². The van der Waals surface area contributed by atoms with Crippen molar-refractivity contribution >= 4 is 28.6 Å². The molecule has 4 aromatic rings. The van der Waals surface area contributed by atoms with E-state index in [9.17, 15) is 0 Å². The number of aryl methyl sites for hydroxylation is 1. The second kappa shape index (κ2) is 6.39. The topological polar surface area (TPSA) is 107 Å². The van der Waals surface area contributed by atoms with Crippen molar-refractivity contribution in [2.24, 2.45) is 0 Å². The lowest BCUT2D eigenvalue weighted by molar-refractivity contribution is 0.966. The van der Waals surface area contributed by atoms with Crippen LogP contribution < -0.4 is 10.6 Å². The van der Waals surface area contributed by atoms with E-state index in [1.807, 2.05) is 12.1 Å². The predicted octanol–water partition coefficient (Wildman–Crippen LogP) is 3.62. The number of benzene rings is 1. The number of nitrogens with zero attached hydrogens (tertiary/aromatic N) is 4. The van der Waals surface area contributed by atoms with Gasteiger partial charge in [0.25, 0.3) is 0 Å². The Kier molecular flexibility index (Phi) is 3.74. The maximum Gasteiger partial charge on any atom is 0.224 e. The normalized spacial score (nSPS) is 13.8. The Labute approximate surface area is 155 Å². The summed E-state index contributed by atoms with van der Waals surface area (Å²) in [7, 11) is 0. The van der Waals surface area contributed by atoms with Crippen LogP contribution >= 0.6 is 0 Å². The largest absolute Gasteiger partial charge is 0.350 e. The molecule has 1 aliphatic carbocycles. The molecule has 136 valence electrons. The van der Waals surface area contributed by atoms with E-state index in [2.05, 4.69) is 59.8 Å². The van der Waals surface area contributed by atoms with Crippen molar-refractivity contribution in [3.8, 4) is 0 Å². The maximum atomic E-state index is 4.53. The number of H-pyrrole nitrogens is 2. The van der Waals surface area contributed by atoms with Crippen LogP contribution in [0.5, 0.6) is 0 Å². The number of rotatable bonds is 6. The van der Waals surface area contributed by atoms with Crippen LogP contribution in [0.4, 0.5) is 17.6 Å². The molecule has 8 nitrogen and oxygen atoms in total. The Balaban J connectivity index is 1.30. The van der Waals surface area contributed by atoms with Crippen LogP contribution in [-0.4, -0.2) is 30.1 Å². The van der Waals surface area contributed by atoms with Crippen LogP contribution in [0, 0.1) is 6.92 Å². The van der Waals surface area contributed by atoms with Gasteiger partial charge in [-0.2, -0.15) is 10.1 Å². The Morgan fingerprint density at radius 1 is 1.15 bits per heavy atom. The average molecular weight is 360 g/mol. The van der Waals surface area contributed by atoms with Gasteiger partial charge in [-0.25, -0.2) is 9.97 Å². The van der Waals surface area contributed by atoms with E-state index >= 15 is 0 Å². The van der Waals surface area contributed by atoms with Gasteiger partial charge < -0.3 is 15.6 Å². The quantitative estimate of drug-likeness (QED) is 0.418. The van der Waals surface area contributed by atoms with Gasteiger partial charge in [-0.05, 0) is 43.0 Å². The lowest BCUT2D eigenvalue weighted by Gasteiger charge is -2.08. The van der Waals surface area contributed by atoms with E-state index in [1.54, 1.807) is 12.5 Å². The summed E-state index contributed by atoms with van der Waals surface area (Å²) in [6.45, 7) is 2.67. The van der Waals surface area contributed by atoms with Crippen LogP contribution in [0.1, 0.15) is 35.6 Å². The number of nitrogens with one attached hydrogen (secondary N) is 4. The van der Waals surface area contributed by atoms with Crippen molar-refractivity contribution in [1.82, 2.24) is 30.1 Å². The van der Waals surface area contributed by atoms with E-state index in [-0.39, 0.29) is 0 Å². The van der Waals surface area contributed by atoms with E-state index in [0.29, 0.717) is 24.2 Å².